The van der Waals surface area contributed by atoms with Gasteiger partial charge in [0.25, 0.3) is 5.69 Å². The summed E-state index contributed by atoms with van der Waals surface area (Å²) in [6.45, 7) is 2.46. The standard InChI is InChI=1S/C19H21N3O4/c1-12-9-16(19(20)23)15-5-3-4-6-17(15)21(12)11-13-10-14(22(24)25)7-8-18(13)26-2/h3-8,10,12,16H,9,11H2,1-2H3,(H2,20,23). The van der Waals surface area contributed by atoms with E-state index in [1.807, 2.05) is 31.2 Å². The Kier molecular flexibility index (Phi) is 4.79. The van der Waals surface area contributed by atoms with Crippen LogP contribution in [0.5, 0.6) is 5.75 Å². The first kappa shape index (κ1) is 17.7. The Hall–Kier alpha value is -3.09. The summed E-state index contributed by atoms with van der Waals surface area (Å²) in [7, 11) is 1.54. The predicted octanol–water partition coefficient (Wildman–Crippen LogP) is 2.97. The molecule has 2 atom stereocenters. The highest BCUT2D eigenvalue weighted by molar-refractivity contribution is 5.85. The van der Waals surface area contributed by atoms with Crippen LogP contribution in [0.1, 0.15) is 30.4 Å². The highest BCUT2D eigenvalue weighted by Crippen LogP contribution is 2.40. The van der Waals surface area contributed by atoms with Crippen LogP contribution in [-0.2, 0) is 11.3 Å². The molecule has 2 N–H and O–H groups in total. The zero-order valence-electron chi connectivity index (χ0n) is 14.7. The van der Waals surface area contributed by atoms with Crippen LogP contribution in [0.4, 0.5) is 11.4 Å². The largest absolute Gasteiger partial charge is 0.496 e. The topological polar surface area (TPSA) is 98.7 Å². The molecule has 0 fully saturated rings. The van der Waals surface area contributed by atoms with E-state index >= 15 is 0 Å². The van der Waals surface area contributed by atoms with Crippen LogP contribution in [0.2, 0.25) is 0 Å². The molecule has 0 aliphatic carbocycles. The molecule has 1 heterocycles. The van der Waals surface area contributed by atoms with Crippen molar-refractivity contribution in [1.29, 1.82) is 0 Å². The fourth-order valence-corrected chi connectivity index (χ4v) is 3.57. The molecule has 0 bridgehead atoms. The molecule has 26 heavy (non-hydrogen) atoms. The number of methoxy groups -OCH3 is 1. The van der Waals surface area contributed by atoms with Gasteiger partial charge in [-0.15, -0.1) is 0 Å². The van der Waals surface area contributed by atoms with Crippen LogP contribution in [0.3, 0.4) is 0 Å². The first-order valence-electron chi connectivity index (χ1n) is 8.38. The highest BCUT2D eigenvalue weighted by atomic mass is 16.6. The Bertz CT molecular complexity index is 852. The maximum atomic E-state index is 11.9. The average Bonchev–Trinajstić information content (AvgIpc) is 2.63. The fraction of sp³-hybridized carbons (Fsp3) is 0.316. The number of hydrogen-bond acceptors (Lipinski definition) is 5. The SMILES string of the molecule is COc1ccc([N+](=O)[O-])cc1CN1c2ccccc2C(C(N)=O)CC1C. The molecular formula is C19H21N3O4. The predicted molar refractivity (Wildman–Crippen MR) is 98.3 cm³/mol. The number of fused-ring (bicyclic) bond motifs is 1. The number of carbonyl (C=O) groups is 1. The molecule has 1 aliphatic heterocycles. The summed E-state index contributed by atoms with van der Waals surface area (Å²) in [6.07, 6.45) is 0.601. The summed E-state index contributed by atoms with van der Waals surface area (Å²) >= 11 is 0. The minimum Gasteiger partial charge on any atom is -0.496 e. The Balaban J connectivity index is 2.02. The molecule has 0 radical (unpaired) electrons. The third-order valence-corrected chi connectivity index (χ3v) is 4.89. The van der Waals surface area contributed by atoms with Crippen molar-refractivity contribution in [2.24, 2.45) is 5.73 Å². The third-order valence-electron chi connectivity index (χ3n) is 4.89. The number of carbonyl (C=O) groups excluding carboxylic acids is 1. The van der Waals surface area contributed by atoms with E-state index in [1.54, 1.807) is 13.2 Å². The maximum absolute atomic E-state index is 11.9. The minimum atomic E-state index is -0.417. The Morgan fingerprint density at radius 2 is 2.08 bits per heavy atom. The van der Waals surface area contributed by atoms with Gasteiger partial charge in [-0.2, -0.15) is 0 Å². The van der Waals surface area contributed by atoms with E-state index in [-0.39, 0.29) is 23.6 Å². The smallest absolute Gasteiger partial charge is 0.270 e. The minimum absolute atomic E-state index is 0.0220. The molecule has 0 spiro atoms. The Morgan fingerprint density at radius 1 is 1.35 bits per heavy atom. The van der Waals surface area contributed by atoms with Gasteiger partial charge in [-0.3, -0.25) is 14.9 Å². The van der Waals surface area contributed by atoms with E-state index in [1.165, 1.54) is 12.1 Å². The van der Waals surface area contributed by atoms with Crippen molar-refractivity contribution in [3.63, 3.8) is 0 Å². The Morgan fingerprint density at radius 3 is 2.73 bits per heavy atom. The molecule has 0 saturated carbocycles. The number of para-hydroxylation sites is 1. The lowest BCUT2D eigenvalue weighted by atomic mass is 9.85. The molecular weight excluding hydrogens is 334 g/mol. The monoisotopic (exact) mass is 355 g/mol. The number of ether oxygens (including phenoxy) is 1. The molecule has 2 unspecified atom stereocenters. The molecule has 7 heteroatoms. The summed E-state index contributed by atoms with van der Waals surface area (Å²) in [4.78, 5) is 24.7. The van der Waals surface area contributed by atoms with Gasteiger partial charge in [0.1, 0.15) is 5.75 Å². The lowest BCUT2D eigenvalue weighted by Crippen LogP contribution is -2.41. The quantitative estimate of drug-likeness (QED) is 0.657. The first-order valence-corrected chi connectivity index (χ1v) is 8.38. The number of non-ortho nitro benzene ring substituents is 1. The van der Waals surface area contributed by atoms with Crippen molar-refractivity contribution in [2.75, 3.05) is 12.0 Å². The van der Waals surface area contributed by atoms with Crippen LogP contribution in [0.25, 0.3) is 0 Å². The van der Waals surface area contributed by atoms with Gasteiger partial charge in [0.2, 0.25) is 5.91 Å². The molecule has 2 aromatic carbocycles. The average molecular weight is 355 g/mol. The van der Waals surface area contributed by atoms with E-state index in [0.717, 1.165) is 16.8 Å². The van der Waals surface area contributed by atoms with Gasteiger partial charge in [0.15, 0.2) is 0 Å². The van der Waals surface area contributed by atoms with Crippen molar-refractivity contribution in [1.82, 2.24) is 0 Å². The second kappa shape index (κ2) is 7.03. The van der Waals surface area contributed by atoms with Gasteiger partial charge in [0, 0.05) is 36.0 Å². The summed E-state index contributed by atoms with van der Waals surface area (Å²) in [5, 5.41) is 11.1. The number of primary amides is 1. The summed E-state index contributed by atoms with van der Waals surface area (Å²) in [6, 6.07) is 12.3. The van der Waals surface area contributed by atoms with Gasteiger partial charge in [0.05, 0.1) is 18.0 Å². The summed E-state index contributed by atoms with van der Waals surface area (Å²) in [5.41, 5.74) is 8.14. The lowest BCUT2D eigenvalue weighted by molar-refractivity contribution is -0.384. The molecule has 136 valence electrons. The van der Waals surface area contributed by atoms with E-state index in [0.29, 0.717) is 18.7 Å². The van der Waals surface area contributed by atoms with Crippen molar-refractivity contribution >= 4 is 17.3 Å². The van der Waals surface area contributed by atoms with Crippen LogP contribution in [0, 0.1) is 10.1 Å². The third kappa shape index (κ3) is 3.20. The number of amides is 1. The van der Waals surface area contributed by atoms with Gasteiger partial charge in [-0.25, -0.2) is 0 Å². The number of nitrogens with two attached hydrogens (primary N) is 1. The van der Waals surface area contributed by atoms with Crippen molar-refractivity contribution in [3.05, 3.63) is 63.7 Å². The molecule has 0 aromatic heterocycles. The second-order valence-corrected chi connectivity index (χ2v) is 6.48. The van der Waals surface area contributed by atoms with Crippen LogP contribution in [0.15, 0.2) is 42.5 Å². The zero-order valence-corrected chi connectivity index (χ0v) is 14.7. The highest BCUT2D eigenvalue weighted by Gasteiger charge is 2.33. The summed E-state index contributed by atoms with van der Waals surface area (Å²) < 4.78 is 5.38. The number of benzene rings is 2. The molecule has 1 aliphatic rings. The van der Waals surface area contributed by atoms with E-state index in [4.69, 9.17) is 10.5 Å². The van der Waals surface area contributed by atoms with Crippen molar-refractivity contribution in [3.8, 4) is 5.75 Å². The van der Waals surface area contributed by atoms with Crippen molar-refractivity contribution in [2.45, 2.75) is 31.8 Å². The van der Waals surface area contributed by atoms with Gasteiger partial charge >= 0.3 is 0 Å². The first-order chi connectivity index (χ1) is 12.4. The molecule has 1 amide bonds. The number of nitro groups is 1. The molecule has 0 saturated heterocycles. The Labute approximate surface area is 151 Å². The molecule has 7 nitrogen and oxygen atoms in total. The van der Waals surface area contributed by atoms with Gasteiger partial charge in [-0.05, 0) is 31.0 Å². The zero-order chi connectivity index (χ0) is 18.8. The fourth-order valence-electron chi connectivity index (χ4n) is 3.57. The normalized spacial score (nSPS) is 18.9. The van der Waals surface area contributed by atoms with E-state index in [9.17, 15) is 14.9 Å². The number of anilines is 1. The number of hydrogen-bond donors (Lipinski definition) is 1. The van der Waals surface area contributed by atoms with E-state index in [2.05, 4.69) is 4.90 Å². The molecule has 3 rings (SSSR count). The summed E-state index contributed by atoms with van der Waals surface area (Å²) in [5.74, 6) is -0.0707. The van der Waals surface area contributed by atoms with E-state index < -0.39 is 4.92 Å². The number of nitro benzene ring substituents is 1. The van der Waals surface area contributed by atoms with Crippen LogP contribution < -0.4 is 15.4 Å². The number of nitrogens with zero attached hydrogens (tertiary/aromatic N) is 2. The maximum Gasteiger partial charge on any atom is 0.270 e. The van der Waals surface area contributed by atoms with Crippen LogP contribution in [-0.4, -0.2) is 24.0 Å². The van der Waals surface area contributed by atoms with Gasteiger partial charge < -0.3 is 15.4 Å². The van der Waals surface area contributed by atoms with Gasteiger partial charge in [-0.1, -0.05) is 18.2 Å². The van der Waals surface area contributed by atoms with Crippen LogP contribution >= 0.6 is 0 Å². The number of rotatable bonds is 5. The van der Waals surface area contributed by atoms with Crippen molar-refractivity contribution < 1.29 is 14.5 Å². The lowest BCUT2D eigenvalue weighted by Gasteiger charge is -2.40. The second-order valence-electron chi connectivity index (χ2n) is 6.48. The molecule has 2 aromatic rings.